The van der Waals surface area contributed by atoms with Gasteiger partial charge in [0.1, 0.15) is 0 Å². The minimum Gasteiger partial charge on any atom is -0.481 e. The highest BCUT2D eigenvalue weighted by molar-refractivity contribution is 6.36. The Bertz CT molecular complexity index is 557. The average Bonchev–Trinajstić information content (AvgIpc) is 2.90. The van der Waals surface area contributed by atoms with Crippen molar-refractivity contribution in [3.05, 3.63) is 28.2 Å². The van der Waals surface area contributed by atoms with Crippen LogP contribution < -0.4 is 10.6 Å². The Morgan fingerprint density at radius 1 is 1.24 bits per heavy atom. The van der Waals surface area contributed by atoms with Crippen molar-refractivity contribution >= 4 is 40.9 Å². The number of carbonyl (C=O) groups is 2. The monoisotopic (exact) mass is 330 g/mol. The van der Waals surface area contributed by atoms with Crippen molar-refractivity contribution in [3.63, 3.8) is 0 Å². The first-order valence-corrected chi connectivity index (χ1v) is 7.42. The summed E-state index contributed by atoms with van der Waals surface area (Å²) in [6.07, 6.45) is 2.92. The summed E-state index contributed by atoms with van der Waals surface area (Å²) in [5, 5.41) is 15.3. The molecule has 0 radical (unpaired) electrons. The molecule has 5 nitrogen and oxygen atoms in total. The lowest BCUT2D eigenvalue weighted by atomic mass is 9.86. The molecule has 1 saturated carbocycles. The molecule has 0 saturated heterocycles. The summed E-state index contributed by atoms with van der Waals surface area (Å²) in [6, 6.07) is 4.24. The zero-order chi connectivity index (χ0) is 15.5. The van der Waals surface area contributed by atoms with Gasteiger partial charge < -0.3 is 15.7 Å². The van der Waals surface area contributed by atoms with E-state index in [4.69, 9.17) is 23.2 Å². The molecule has 2 amide bonds. The Morgan fingerprint density at radius 3 is 2.48 bits per heavy atom. The molecule has 0 unspecified atom stereocenters. The molecule has 7 heteroatoms. The number of amides is 2. The zero-order valence-corrected chi connectivity index (χ0v) is 12.8. The van der Waals surface area contributed by atoms with Crippen LogP contribution in [0.4, 0.5) is 10.5 Å². The highest BCUT2D eigenvalue weighted by Crippen LogP contribution is 2.37. The lowest BCUT2D eigenvalue weighted by molar-refractivity contribution is -0.148. The van der Waals surface area contributed by atoms with Gasteiger partial charge in [0, 0.05) is 11.6 Å². The van der Waals surface area contributed by atoms with E-state index < -0.39 is 17.4 Å². The van der Waals surface area contributed by atoms with Crippen LogP contribution in [-0.4, -0.2) is 23.7 Å². The number of benzene rings is 1. The second-order valence-electron chi connectivity index (χ2n) is 5.22. The van der Waals surface area contributed by atoms with E-state index >= 15 is 0 Å². The molecular formula is C14H16Cl2N2O3. The smallest absolute Gasteiger partial charge is 0.319 e. The van der Waals surface area contributed by atoms with Crippen LogP contribution in [0.3, 0.4) is 0 Å². The molecule has 0 atom stereocenters. The first-order chi connectivity index (χ1) is 9.93. The SMILES string of the molecule is O=C(NCC1(C(=O)O)CCCC1)Nc1ccc(Cl)cc1Cl. The number of aliphatic carboxylic acids is 1. The number of hydrogen-bond donors (Lipinski definition) is 3. The van der Waals surface area contributed by atoms with Gasteiger partial charge in [-0.1, -0.05) is 36.0 Å². The van der Waals surface area contributed by atoms with Crippen LogP contribution in [0.5, 0.6) is 0 Å². The lowest BCUT2D eigenvalue weighted by Crippen LogP contribution is -2.42. The van der Waals surface area contributed by atoms with E-state index in [0.717, 1.165) is 12.8 Å². The largest absolute Gasteiger partial charge is 0.481 e. The molecule has 0 spiro atoms. The Hall–Kier alpha value is -1.46. The van der Waals surface area contributed by atoms with Gasteiger partial charge in [-0.05, 0) is 31.0 Å². The normalized spacial score (nSPS) is 16.5. The number of nitrogens with one attached hydrogen (secondary N) is 2. The molecule has 1 fully saturated rings. The van der Waals surface area contributed by atoms with Crippen LogP contribution >= 0.6 is 23.2 Å². The van der Waals surface area contributed by atoms with E-state index in [0.29, 0.717) is 28.6 Å². The van der Waals surface area contributed by atoms with Crippen LogP contribution in [0, 0.1) is 5.41 Å². The number of urea groups is 1. The molecule has 114 valence electrons. The predicted molar refractivity (Wildman–Crippen MR) is 82.0 cm³/mol. The fourth-order valence-corrected chi connectivity index (χ4v) is 2.98. The highest BCUT2D eigenvalue weighted by Gasteiger charge is 2.41. The molecule has 0 aromatic heterocycles. The molecular weight excluding hydrogens is 315 g/mol. The third-order valence-corrected chi connectivity index (χ3v) is 4.33. The van der Waals surface area contributed by atoms with Gasteiger partial charge in [-0.25, -0.2) is 4.79 Å². The van der Waals surface area contributed by atoms with E-state index in [2.05, 4.69) is 10.6 Å². The zero-order valence-electron chi connectivity index (χ0n) is 11.3. The molecule has 0 heterocycles. The van der Waals surface area contributed by atoms with Crippen molar-refractivity contribution in [2.24, 2.45) is 5.41 Å². The van der Waals surface area contributed by atoms with Gasteiger partial charge in [-0.15, -0.1) is 0 Å². The molecule has 0 bridgehead atoms. The Labute approximate surface area is 132 Å². The summed E-state index contributed by atoms with van der Waals surface area (Å²) < 4.78 is 0. The molecule has 2 rings (SSSR count). The van der Waals surface area contributed by atoms with Crippen molar-refractivity contribution in [2.45, 2.75) is 25.7 Å². The van der Waals surface area contributed by atoms with Gasteiger partial charge in [-0.2, -0.15) is 0 Å². The van der Waals surface area contributed by atoms with Gasteiger partial charge in [0.15, 0.2) is 0 Å². The van der Waals surface area contributed by atoms with Crippen LogP contribution in [0.15, 0.2) is 18.2 Å². The average molecular weight is 331 g/mol. The maximum absolute atomic E-state index is 11.9. The molecule has 0 aliphatic heterocycles. The van der Waals surface area contributed by atoms with Gasteiger partial charge >= 0.3 is 12.0 Å². The summed E-state index contributed by atoms with van der Waals surface area (Å²) in [6.45, 7) is 0.110. The van der Waals surface area contributed by atoms with E-state index in [1.165, 1.54) is 6.07 Å². The summed E-state index contributed by atoms with van der Waals surface area (Å²) >= 11 is 11.7. The Kier molecular flexibility index (Phi) is 4.96. The second kappa shape index (κ2) is 6.54. The standard InChI is InChI=1S/C14H16Cl2N2O3/c15-9-3-4-11(10(16)7-9)18-13(21)17-8-14(12(19)20)5-1-2-6-14/h3-4,7H,1-2,5-6,8H2,(H,19,20)(H2,17,18,21). The van der Waals surface area contributed by atoms with E-state index in [1.54, 1.807) is 12.1 Å². The number of carboxylic acids is 1. The van der Waals surface area contributed by atoms with Gasteiger partial charge in [0.05, 0.1) is 16.1 Å². The maximum atomic E-state index is 11.9. The fraction of sp³-hybridized carbons (Fsp3) is 0.429. The molecule has 3 N–H and O–H groups in total. The van der Waals surface area contributed by atoms with Crippen molar-refractivity contribution in [3.8, 4) is 0 Å². The fourth-order valence-electron chi connectivity index (χ4n) is 2.52. The molecule has 1 aromatic rings. The quantitative estimate of drug-likeness (QED) is 0.786. The molecule has 21 heavy (non-hydrogen) atoms. The second-order valence-corrected chi connectivity index (χ2v) is 6.07. The van der Waals surface area contributed by atoms with Gasteiger partial charge in [0.25, 0.3) is 0 Å². The third kappa shape index (κ3) is 3.80. The number of rotatable bonds is 4. The van der Waals surface area contributed by atoms with Gasteiger partial charge in [0.2, 0.25) is 0 Å². The maximum Gasteiger partial charge on any atom is 0.319 e. The first kappa shape index (κ1) is 15.9. The highest BCUT2D eigenvalue weighted by atomic mass is 35.5. The van der Waals surface area contributed by atoms with Crippen LogP contribution in [0.25, 0.3) is 0 Å². The van der Waals surface area contributed by atoms with E-state index in [9.17, 15) is 14.7 Å². The number of carboxylic acid groups (broad SMARTS) is 1. The summed E-state index contributed by atoms with van der Waals surface area (Å²) in [4.78, 5) is 23.2. The topological polar surface area (TPSA) is 78.4 Å². The number of halogens is 2. The number of anilines is 1. The van der Waals surface area contributed by atoms with Crippen molar-refractivity contribution in [1.82, 2.24) is 5.32 Å². The Balaban J connectivity index is 1.94. The minimum atomic E-state index is -0.857. The van der Waals surface area contributed by atoms with E-state index in [-0.39, 0.29) is 6.54 Å². The minimum absolute atomic E-state index is 0.110. The first-order valence-electron chi connectivity index (χ1n) is 6.66. The predicted octanol–water partition coefficient (Wildman–Crippen LogP) is 3.76. The van der Waals surface area contributed by atoms with Crippen LogP contribution in [0.2, 0.25) is 10.0 Å². The molecule has 1 aromatic carbocycles. The third-order valence-electron chi connectivity index (χ3n) is 3.78. The lowest BCUT2D eigenvalue weighted by Gasteiger charge is -2.24. The van der Waals surface area contributed by atoms with Crippen LogP contribution in [-0.2, 0) is 4.79 Å². The van der Waals surface area contributed by atoms with Crippen molar-refractivity contribution < 1.29 is 14.7 Å². The molecule has 1 aliphatic carbocycles. The summed E-state index contributed by atoms with van der Waals surface area (Å²) in [5.41, 5.74) is -0.421. The number of carbonyl (C=O) groups excluding carboxylic acids is 1. The van der Waals surface area contributed by atoms with Crippen molar-refractivity contribution in [1.29, 1.82) is 0 Å². The van der Waals surface area contributed by atoms with E-state index in [1.807, 2.05) is 0 Å². The van der Waals surface area contributed by atoms with Gasteiger partial charge in [-0.3, -0.25) is 4.79 Å². The summed E-state index contributed by atoms with van der Waals surface area (Å²) in [7, 11) is 0. The van der Waals surface area contributed by atoms with Crippen molar-refractivity contribution in [2.75, 3.05) is 11.9 Å². The van der Waals surface area contributed by atoms with Crippen LogP contribution in [0.1, 0.15) is 25.7 Å². The number of hydrogen-bond acceptors (Lipinski definition) is 2. The Morgan fingerprint density at radius 2 is 1.90 bits per heavy atom. The summed E-state index contributed by atoms with van der Waals surface area (Å²) in [5.74, 6) is -0.857. The molecule has 1 aliphatic rings.